The third-order valence-corrected chi connectivity index (χ3v) is 0. The molecule has 0 spiro atoms. The lowest BCUT2D eigenvalue weighted by Gasteiger charge is -1.00. The minimum atomic E-state index is 0. The van der Waals surface area contributed by atoms with Crippen LogP contribution in [-0.4, -0.2) is 5.48 Å². The molecule has 0 amide bonds. The highest BCUT2D eigenvalue weighted by Gasteiger charge is -0.368. The van der Waals surface area contributed by atoms with Crippen molar-refractivity contribution in [3.63, 3.8) is 0 Å². The maximum absolute atomic E-state index is 0. The zero-order valence-corrected chi connectivity index (χ0v) is 4.98. The summed E-state index contributed by atoms with van der Waals surface area (Å²) in [4.78, 5) is 0. The molecule has 0 atom stereocenters. The van der Waals surface area contributed by atoms with E-state index in [2.05, 4.69) is 0 Å². The van der Waals surface area contributed by atoms with Gasteiger partial charge in [-0.3, -0.25) is 0 Å². The summed E-state index contributed by atoms with van der Waals surface area (Å²) in [6.07, 6.45) is 0. The lowest BCUT2D eigenvalue weighted by molar-refractivity contribution is -0.00000215. The highest BCUT2D eigenvalue weighted by Crippen LogP contribution is -0.289. The molecule has 0 aromatic rings. The molecule has 0 heterocycles. The topological polar surface area (TPSA) is 103 Å². The van der Waals surface area contributed by atoms with Crippen molar-refractivity contribution in [3.05, 3.63) is 0 Å². The van der Waals surface area contributed by atoms with Crippen LogP contribution in [0, 0.1) is 0 Å². The smallest absolute Gasteiger partial charge is 0.369 e. The molecule has 4 heavy (non-hydrogen) atoms. The molecule has 3 nitrogen and oxygen atoms in total. The second-order valence-corrected chi connectivity index (χ2v) is 0. The van der Waals surface area contributed by atoms with Gasteiger partial charge in [-0.2, -0.15) is 0 Å². The summed E-state index contributed by atoms with van der Waals surface area (Å²) < 4.78 is 0. The van der Waals surface area contributed by atoms with E-state index in [4.69, 9.17) is 0 Å². The quantitative estimate of drug-likeness (QED) is 0.398. The fourth-order valence-electron chi connectivity index (χ4n) is 0. The molecule has 0 bridgehead atoms. The molecule has 0 aromatic carbocycles. The van der Waals surface area contributed by atoms with E-state index in [0.717, 1.165) is 0 Å². The van der Waals surface area contributed by atoms with Gasteiger partial charge in [-0.05, 0) is 0 Å². The van der Waals surface area contributed by atoms with E-state index in [1.807, 2.05) is 0 Å². The molecule has 0 fully saturated rings. The number of halogens is 1. The van der Waals surface area contributed by atoms with Gasteiger partial charge in [-0.15, -0.1) is 0 Å². The van der Waals surface area contributed by atoms with Crippen molar-refractivity contribution in [3.8, 4) is 0 Å². The molecule has 0 unspecified atom stereocenters. The molecular weight excluding hydrogens is 171 g/mol. The normalized spacial score (nSPS) is 0. The summed E-state index contributed by atoms with van der Waals surface area (Å²) in [5.74, 6) is 0. The maximum Gasteiger partial charge on any atom is -0.369 e. The summed E-state index contributed by atoms with van der Waals surface area (Å²) in [6, 6.07) is 0. The Morgan fingerprint density at radius 3 is 0.750 bits per heavy atom. The summed E-state index contributed by atoms with van der Waals surface area (Å²) >= 11 is 0. The first kappa shape index (κ1) is 161. The predicted octanol–water partition coefficient (Wildman–Crippen LogP) is -2.42. The van der Waals surface area contributed by atoms with E-state index in [0.29, 0.717) is 0 Å². The van der Waals surface area contributed by atoms with E-state index in [9.17, 15) is 0 Å². The molecule has 0 aliphatic rings. The Bertz CT molecular complexity index is 6.00. The third kappa shape index (κ3) is 18.2. The molecule has 0 saturated heterocycles. The first-order chi connectivity index (χ1) is 0. The Morgan fingerprint density at radius 2 is 0.750 bits per heavy atom. The van der Waals surface area contributed by atoms with Crippen LogP contribution in [0.1, 0.15) is 0 Å². The van der Waals surface area contributed by atoms with Crippen molar-refractivity contribution < 1.29 is 29.5 Å². The average molecular weight is 180 g/mol. The fourth-order valence-corrected chi connectivity index (χ4v) is 0. The van der Waals surface area contributed by atoms with Crippen LogP contribution in [0.25, 0.3) is 0 Å². The fraction of sp³-hybridized carbons (Fsp3) is 0. The molecule has 0 aromatic heterocycles. The summed E-state index contributed by atoms with van der Waals surface area (Å²) in [5.41, 5.74) is 0. The molecular formula is H9IN2O. The lowest BCUT2D eigenvalue weighted by Crippen LogP contribution is -3.00. The largest absolute Gasteiger partial charge is 1.00 e. The van der Waals surface area contributed by atoms with Crippen LogP contribution in [0.3, 0.4) is 0 Å². The number of rotatable bonds is 0. The minimum absolute atomic E-state index is 0. The SMILES string of the molecule is [I-].[NH4+].[NH4+].[OH-]. The monoisotopic (exact) mass is 180 g/mol. The van der Waals surface area contributed by atoms with Gasteiger partial charge < -0.3 is 41.8 Å². The van der Waals surface area contributed by atoms with Crippen LogP contribution in [0.2, 0.25) is 0 Å². The van der Waals surface area contributed by atoms with Gasteiger partial charge in [0.1, 0.15) is 0 Å². The third-order valence-electron chi connectivity index (χ3n) is 0. The number of hydrogen-bond acceptors (Lipinski definition) is 1. The molecule has 32 valence electrons. The Hall–Kier alpha value is 0.610. The molecule has 0 aliphatic heterocycles. The van der Waals surface area contributed by atoms with Crippen molar-refractivity contribution in [1.82, 2.24) is 12.3 Å². The number of quaternary nitrogens is 2. The summed E-state index contributed by atoms with van der Waals surface area (Å²) in [5, 5.41) is 0. The molecule has 0 radical (unpaired) electrons. The van der Waals surface area contributed by atoms with E-state index in [1.54, 1.807) is 0 Å². The van der Waals surface area contributed by atoms with Crippen LogP contribution in [0.5, 0.6) is 0 Å². The standard InChI is InChI=1S/HI.2H3N.H2O/h1H;2*1H3;1H2. The van der Waals surface area contributed by atoms with Crippen molar-refractivity contribution in [2.75, 3.05) is 0 Å². The van der Waals surface area contributed by atoms with Crippen molar-refractivity contribution in [2.24, 2.45) is 0 Å². The zero-order valence-electron chi connectivity index (χ0n) is 2.83. The minimum Gasteiger partial charge on any atom is -1.00 e. The number of hydrogen-bond donors (Lipinski definition) is 2. The van der Waals surface area contributed by atoms with Gasteiger partial charge in [-0.1, -0.05) is 0 Å². The van der Waals surface area contributed by atoms with Gasteiger partial charge in [0.05, 0.1) is 0 Å². The van der Waals surface area contributed by atoms with Gasteiger partial charge in [0.2, 0.25) is 0 Å². The summed E-state index contributed by atoms with van der Waals surface area (Å²) in [7, 11) is 0. The highest BCUT2D eigenvalue weighted by molar-refractivity contribution is 2.14. The maximum atomic E-state index is 0. The molecule has 0 rings (SSSR count). The Balaban J connectivity index is 0. The highest BCUT2D eigenvalue weighted by atomic mass is 127. The second kappa shape index (κ2) is 66.1. The van der Waals surface area contributed by atoms with E-state index in [-0.39, 0.29) is 41.8 Å². The lowest BCUT2D eigenvalue weighted by atomic mass is 14.0. The van der Waals surface area contributed by atoms with Gasteiger partial charge >= 0.3 is 0 Å². The first-order valence-electron chi connectivity index (χ1n) is 0. The first-order valence-corrected chi connectivity index (χ1v) is 0. The second-order valence-electron chi connectivity index (χ2n) is 0. The van der Waals surface area contributed by atoms with Crippen LogP contribution in [0.15, 0.2) is 0 Å². The summed E-state index contributed by atoms with van der Waals surface area (Å²) in [6.45, 7) is 0. The molecule has 4 heteroatoms. The van der Waals surface area contributed by atoms with Crippen LogP contribution < -0.4 is 36.3 Å². The van der Waals surface area contributed by atoms with Crippen LogP contribution >= 0.6 is 0 Å². The Kier molecular flexibility index (Phi) is 2670. The van der Waals surface area contributed by atoms with E-state index >= 15 is 0 Å². The van der Waals surface area contributed by atoms with E-state index < -0.39 is 0 Å². The van der Waals surface area contributed by atoms with Crippen molar-refractivity contribution >= 4 is 0 Å². The van der Waals surface area contributed by atoms with Crippen LogP contribution in [0.4, 0.5) is 0 Å². The van der Waals surface area contributed by atoms with Crippen molar-refractivity contribution in [2.45, 2.75) is 0 Å². The van der Waals surface area contributed by atoms with Gasteiger partial charge in [0.25, 0.3) is 0 Å². The van der Waals surface area contributed by atoms with Gasteiger partial charge in [0.15, 0.2) is 0 Å². The zero-order chi connectivity index (χ0) is 0. The Labute approximate surface area is 42.3 Å². The predicted molar refractivity (Wildman–Crippen MR) is 13.9 cm³/mol. The molecule has 0 aliphatic carbocycles. The van der Waals surface area contributed by atoms with Crippen LogP contribution in [-0.2, 0) is 0 Å². The van der Waals surface area contributed by atoms with Crippen molar-refractivity contribution in [1.29, 1.82) is 0 Å². The molecule has 9 N–H and O–H groups in total. The molecule has 0 saturated carbocycles. The van der Waals surface area contributed by atoms with Gasteiger partial charge in [-0.25, -0.2) is 0 Å². The average Bonchev–Trinajstić information content (AvgIpc) is 0. The van der Waals surface area contributed by atoms with Gasteiger partial charge in [0, 0.05) is 0 Å². The van der Waals surface area contributed by atoms with E-state index in [1.165, 1.54) is 0 Å². The Morgan fingerprint density at radius 1 is 0.750 bits per heavy atom.